The third-order valence-corrected chi connectivity index (χ3v) is 14.2. The van der Waals surface area contributed by atoms with Gasteiger partial charge < -0.3 is 15.2 Å². The minimum absolute atomic E-state index is 0.303. The van der Waals surface area contributed by atoms with E-state index in [9.17, 15) is 0 Å². The number of aromatic nitrogens is 1. The summed E-state index contributed by atoms with van der Waals surface area (Å²) in [6.07, 6.45) is -0.751. The lowest BCUT2D eigenvalue weighted by molar-refractivity contribution is 0.630. The molecule has 1 aromatic heterocycles. The second-order valence-corrected chi connectivity index (χ2v) is 17.4. The molecule has 11 aromatic rings. The summed E-state index contributed by atoms with van der Waals surface area (Å²) in [7, 11) is 0. The predicted molar refractivity (Wildman–Crippen MR) is 263 cm³/mol. The first kappa shape index (κ1) is 35.5. The molecule has 1 spiro atoms. The van der Waals surface area contributed by atoms with Gasteiger partial charge in [-0.3, -0.25) is 4.99 Å². The van der Waals surface area contributed by atoms with Gasteiger partial charge in [-0.2, -0.15) is 0 Å². The van der Waals surface area contributed by atoms with Gasteiger partial charge in [0, 0.05) is 21.7 Å². The van der Waals surface area contributed by atoms with Gasteiger partial charge >= 0.3 is 0 Å². The minimum Gasteiger partial charge on any atom is -0.613 e. The largest absolute Gasteiger partial charge is 0.613 e. The first-order chi connectivity index (χ1) is 31.7. The van der Waals surface area contributed by atoms with Crippen LogP contribution in [0.4, 0.5) is 0 Å². The monoisotopic (exact) mass is 815 g/mol. The molecule has 2 atom stereocenters. The van der Waals surface area contributed by atoms with Crippen LogP contribution >= 0.6 is 0 Å². The predicted octanol–water partition coefficient (Wildman–Crippen LogP) is 14.6. The van der Waals surface area contributed by atoms with Crippen molar-refractivity contribution in [3.8, 4) is 27.9 Å². The summed E-state index contributed by atoms with van der Waals surface area (Å²) in [6.45, 7) is 0. The molecule has 1 aliphatic heterocycles. The van der Waals surface area contributed by atoms with Crippen LogP contribution < -0.4 is 5.32 Å². The van der Waals surface area contributed by atoms with Crippen molar-refractivity contribution < 1.29 is 0 Å². The zero-order valence-corrected chi connectivity index (χ0v) is 34.8. The molecule has 0 bridgehead atoms. The standard InChI is InChI=1S/C60H39N4/c1-2-15-38(16-3-1)57-61-58(41-30-29-37-19-14-28-55(48(37)34-41)64-54-27-13-9-23-47(54)49-33-39-17-4-5-18-40(39)36-56(49)64)63-59(62-57)42-31-32-46-45-22-8-12-26-52(45)60(53(46)35-42)50-24-10-6-20-43(50)44-21-7-11-25-51(44)60/h1-36,57,59H,(H,61,63)/q-1. The summed E-state index contributed by atoms with van der Waals surface area (Å²) >= 11 is 0. The van der Waals surface area contributed by atoms with Crippen molar-refractivity contribution in [1.29, 1.82) is 0 Å². The molecule has 2 aliphatic carbocycles. The van der Waals surface area contributed by atoms with Crippen LogP contribution in [-0.4, -0.2) is 10.4 Å². The van der Waals surface area contributed by atoms with Crippen LogP contribution in [0.3, 0.4) is 0 Å². The fraction of sp³-hybridized carbons (Fsp3) is 0.0500. The van der Waals surface area contributed by atoms with Crippen LogP contribution in [0.25, 0.3) is 76.6 Å². The number of amidine groups is 1. The smallest absolute Gasteiger partial charge is 0.126 e. The van der Waals surface area contributed by atoms with Gasteiger partial charge in [0.15, 0.2) is 0 Å². The van der Waals surface area contributed by atoms with Gasteiger partial charge in [-0.1, -0.05) is 188 Å². The average molecular weight is 816 g/mol. The van der Waals surface area contributed by atoms with Crippen LogP contribution in [0.2, 0.25) is 0 Å². The zero-order valence-electron chi connectivity index (χ0n) is 34.8. The quantitative estimate of drug-likeness (QED) is 0.189. The Bertz CT molecular complexity index is 3700. The van der Waals surface area contributed by atoms with Crippen molar-refractivity contribution in [2.45, 2.75) is 17.7 Å². The minimum atomic E-state index is -0.448. The topological polar surface area (TPSA) is 43.4 Å². The molecule has 0 amide bonds. The molecule has 64 heavy (non-hydrogen) atoms. The van der Waals surface area contributed by atoms with Gasteiger partial charge in [0.2, 0.25) is 0 Å². The Kier molecular flexibility index (Phi) is 7.48. The van der Waals surface area contributed by atoms with E-state index in [0.29, 0.717) is 0 Å². The summed E-state index contributed by atoms with van der Waals surface area (Å²) in [5.41, 5.74) is 16.7. The number of hydrogen-bond donors (Lipinski definition) is 1. The van der Waals surface area contributed by atoms with Gasteiger partial charge in [-0.05, 0) is 114 Å². The molecular formula is C60H39N4-. The Morgan fingerprint density at radius 3 is 1.80 bits per heavy atom. The molecule has 10 aromatic carbocycles. The molecule has 0 saturated carbocycles. The highest BCUT2D eigenvalue weighted by Crippen LogP contribution is 2.63. The van der Waals surface area contributed by atoms with Crippen LogP contribution in [0, 0.1) is 0 Å². The van der Waals surface area contributed by atoms with E-state index in [1.165, 1.54) is 82.5 Å². The molecule has 2 heterocycles. The fourth-order valence-electron chi connectivity index (χ4n) is 11.4. The van der Waals surface area contributed by atoms with Crippen molar-refractivity contribution in [3.63, 3.8) is 0 Å². The first-order valence-corrected chi connectivity index (χ1v) is 22.2. The SMILES string of the molecule is c1ccc(C2[N-]C(c3ccc4c(c3)C3(c5ccccc5-c5ccccc53)c3ccccc3-4)N=C(c3ccc4cccc(-n5c6ccccc6c6cc7ccccc7cc65)c4c3)N2)cc1. The molecule has 0 fully saturated rings. The lowest BCUT2D eigenvalue weighted by atomic mass is 9.70. The number of nitrogens with zero attached hydrogens (tertiary/aromatic N) is 3. The third kappa shape index (κ3) is 4.94. The zero-order chi connectivity index (χ0) is 41.9. The molecule has 1 N–H and O–H groups in total. The lowest BCUT2D eigenvalue weighted by Crippen LogP contribution is -2.34. The maximum Gasteiger partial charge on any atom is 0.126 e. The van der Waals surface area contributed by atoms with Crippen molar-refractivity contribution in [2.24, 2.45) is 4.99 Å². The summed E-state index contributed by atoms with van der Waals surface area (Å²) < 4.78 is 2.45. The molecule has 4 heteroatoms. The highest BCUT2D eigenvalue weighted by Gasteiger charge is 2.51. The number of rotatable bonds is 4. The van der Waals surface area contributed by atoms with Crippen LogP contribution in [0.1, 0.15) is 51.3 Å². The van der Waals surface area contributed by atoms with Crippen molar-refractivity contribution in [2.75, 3.05) is 0 Å². The van der Waals surface area contributed by atoms with E-state index < -0.39 is 11.6 Å². The van der Waals surface area contributed by atoms with E-state index in [0.717, 1.165) is 33.6 Å². The highest BCUT2D eigenvalue weighted by atomic mass is 15.3. The molecule has 0 saturated heterocycles. The third-order valence-electron chi connectivity index (χ3n) is 14.2. The van der Waals surface area contributed by atoms with Crippen molar-refractivity contribution in [1.82, 2.24) is 9.88 Å². The Labute approximate surface area is 370 Å². The maximum absolute atomic E-state index is 5.54. The highest BCUT2D eigenvalue weighted by molar-refractivity contribution is 6.15. The van der Waals surface area contributed by atoms with E-state index in [2.05, 4.69) is 228 Å². The van der Waals surface area contributed by atoms with Crippen molar-refractivity contribution >= 4 is 49.2 Å². The molecular weight excluding hydrogens is 777 g/mol. The van der Waals surface area contributed by atoms with E-state index in [1.54, 1.807) is 0 Å². The van der Waals surface area contributed by atoms with E-state index >= 15 is 0 Å². The van der Waals surface area contributed by atoms with Crippen LogP contribution in [0.5, 0.6) is 0 Å². The van der Waals surface area contributed by atoms with Gasteiger partial charge in [-0.25, -0.2) is 0 Å². The van der Waals surface area contributed by atoms with Gasteiger partial charge in [0.05, 0.1) is 22.1 Å². The van der Waals surface area contributed by atoms with Gasteiger partial charge in [0.25, 0.3) is 0 Å². The van der Waals surface area contributed by atoms with Crippen molar-refractivity contribution in [3.05, 3.63) is 263 Å². The summed E-state index contributed by atoms with van der Waals surface area (Å²) in [4.78, 5) is 5.54. The number of nitrogens with one attached hydrogen (secondary N) is 1. The fourth-order valence-corrected chi connectivity index (χ4v) is 11.4. The molecule has 3 aliphatic rings. The van der Waals surface area contributed by atoms with E-state index in [4.69, 9.17) is 10.3 Å². The number of aliphatic imine (C=N–C) groups is 1. The Morgan fingerprint density at radius 1 is 0.422 bits per heavy atom. The average Bonchev–Trinajstić information content (AvgIpc) is 3.96. The number of benzene rings is 10. The molecule has 0 radical (unpaired) electrons. The Morgan fingerprint density at radius 2 is 1.05 bits per heavy atom. The van der Waals surface area contributed by atoms with E-state index in [-0.39, 0.29) is 6.17 Å². The normalized spacial score (nSPS) is 16.7. The van der Waals surface area contributed by atoms with Crippen LogP contribution in [-0.2, 0) is 5.41 Å². The van der Waals surface area contributed by atoms with Crippen LogP contribution in [0.15, 0.2) is 223 Å². The molecule has 300 valence electrons. The number of fused-ring (bicyclic) bond motifs is 15. The molecule has 4 nitrogen and oxygen atoms in total. The first-order valence-electron chi connectivity index (χ1n) is 22.2. The number of para-hydroxylation sites is 1. The Balaban J connectivity index is 0.954. The summed E-state index contributed by atoms with van der Waals surface area (Å²) in [5.74, 6) is 0.828. The van der Waals surface area contributed by atoms with E-state index in [1.807, 2.05) is 0 Å². The summed E-state index contributed by atoms with van der Waals surface area (Å²) in [5, 5.41) is 16.6. The maximum atomic E-state index is 5.54. The second kappa shape index (κ2) is 13.5. The molecule has 2 unspecified atom stereocenters. The second-order valence-electron chi connectivity index (χ2n) is 17.4. The summed E-state index contributed by atoms with van der Waals surface area (Å²) in [6, 6.07) is 80.1. The number of hydrogen-bond acceptors (Lipinski definition) is 2. The molecule has 14 rings (SSSR count). The van der Waals surface area contributed by atoms with Gasteiger partial charge in [-0.15, -0.1) is 0 Å². The lowest BCUT2D eigenvalue weighted by Gasteiger charge is -2.44. The van der Waals surface area contributed by atoms with Gasteiger partial charge in [0.1, 0.15) is 5.84 Å². The Hall–Kier alpha value is -8.05.